The van der Waals surface area contributed by atoms with Crippen LogP contribution < -0.4 is 18.9 Å². The predicted molar refractivity (Wildman–Crippen MR) is 116 cm³/mol. The second kappa shape index (κ2) is 7.88. The van der Waals surface area contributed by atoms with Gasteiger partial charge in [0, 0.05) is 11.1 Å². The van der Waals surface area contributed by atoms with Crippen molar-refractivity contribution in [2.75, 3.05) is 28.4 Å². The molecule has 156 valence electrons. The summed E-state index contributed by atoms with van der Waals surface area (Å²) in [6.45, 7) is 0. The third-order valence-corrected chi connectivity index (χ3v) is 6.56. The summed E-state index contributed by atoms with van der Waals surface area (Å²) in [4.78, 5) is 10.9. The fourth-order valence-corrected chi connectivity index (χ4v) is 4.94. The van der Waals surface area contributed by atoms with Gasteiger partial charge < -0.3 is 29.2 Å². The first-order chi connectivity index (χ1) is 14.5. The van der Waals surface area contributed by atoms with Crippen LogP contribution in [-0.2, 0) is 0 Å². The number of ether oxygens (including phenoxy) is 4. The normalized spacial score (nSPS) is 10.9. The van der Waals surface area contributed by atoms with Gasteiger partial charge in [-0.3, -0.25) is 0 Å². The number of aromatic hydroxyl groups is 2. The molecule has 4 rings (SSSR count). The summed E-state index contributed by atoms with van der Waals surface area (Å²) in [7, 11) is 5.92. The van der Waals surface area contributed by atoms with E-state index in [-0.39, 0.29) is 11.5 Å². The van der Waals surface area contributed by atoms with Crippen LogP contribution in [0.2, 0.25) is 0 Å². The van der Waals surface area contributed by atoms with Crippen LogP contribution >= 0.6 is 22.7 Å². The standard InChI is InChI=1S/C20H18N2O6S2/c1-25-11-5-9(6-12(26-2)15(11)23)17-21-19-20(29-17)22-18(30-19)10-7-13(27-3)16(24)14(8-10)28-4/h5-8,23-24H,1-4H3. The van der Waals surface area contributed by atoms with Crippen molar-refractivity contribution in [3.05, 3.63) is 24.3 Å². The van der Waals surface area contributed by atoms with Crippen molar-refractivity contribution >= 4 is 32.3 Å². The number of phenols is 2. The molecule has 0 spiro atoms. The molecule has 30 heavy (non-hydrogen) atoms. The minimum absolute atomic E-state index is 0.0576. The van der Waals surface area contributed by atoms with Crippen molar-refractivity contribution in [2.45, 2.75) is 0 Å². The van der Waals surface area contributed by atoms with E-state index in [1.54, 1.807) is 24.3 Å². The summed E-state index contributed by atoms with van der Waals surface area (Å²) in [6.07, 6.45) is 0. The monoisotopic (exact) mass is 446 g/mol. The Hall–Kier alpha value is -3.24. The molecule has 10 heteroatoms. The largest absolute Gasteiger partial charge is 0.502 e. The average Bonchev–Trinajstić information content (AvgIpc) is 3.33. The third kappa shape index (κ3) is 3.33. The SMILES string of the molecule is COc1cc(-c2nc3sc(-c4cc(OC)c(O)c(OC)c4)nc3s2)cc(OC)c1O. The van der Waals surface area contributed by atoms with Gasteiger partial charge in [0.05, 0.1) is 28.4 Å². The zero-order valence-electron chi connectivity index (χ0n) is 16.5. The molecule has 2 heterocycles. The number of hydrogen-bond acceptors (Lipinski definition) is 10. The van der Waals surface area contributed by atoms with Crippen molar-refractivity contribution in [3.63, 3.8) is 0 Å². The van der Waals surface area contributed by atoms with Gasteiger partial charge in [0.25, 0.3) is 0 Å². The van der Waals surface area contributed by atoms with E-state index in [0.717, 1.165) is 30.8 Å². The summed E-state index contributed by atoms with van der Waals surface area (Å²) in [5.74, 6) is 1.11. The van der Waals surface area contributed by atoms with Crippen molar-refractivity contribution < 1.29 is 29.2 Å². The Kier molecular flexibility index (Phi) is 5.27. The van der Waals surface area contributed by atoms with Crippen molar-refractivity contribution in [2.24, 2.45) is 0 Å². The molecule has 0 aliphatic rings. The molecule has 2 N–H and O–H groups in total. The number of phenolic OH excluding ortho intramolecular Hbond substituents is 2. The van der Waals surface area contributed by atoms with E-state index >= 15 is 0 Å². The van der Waals surface area contributed by atoms with Gasteiger partial charge >= 0.3 is 0 Å². The molecule has 4 aromatic rings. The highest BCUT2D eigenvalue weighted by molar-refractivity contribution is 7.29. The second-order valence-electron chi connectivity index (χ2n) is 6.11. The van der Waals surface area contributed by atoms with Gasteiger partial charge in [-0.1, -0.05) is 22.7 Å². The Labute approximate surface area is 179 Å². The molecule has 0 amide bonds. The number of rotatable bonds is 6. The highest BCUT2D eigenvalue weighted by Crippen LogP contribution is 2.45. The Morgan fingerprint density at radius 1 is 0.600 bits per heavy atom. The number of methoxy groups -OCH3 is 4. The fraction of sp³-hybridized carbons (Fsp3) is 0.200. The fourth-order valence-electron chi connectivity index (χ4n) is 2.92. The number of benzene rings is 2. The molecular formula is C20H18N2O6S2. The molecule has 0 bridgehead atoms. The molecule has 0 aliphatic carbocycles. The number of thiazole rings is 2. The van der Waals surface area contributed by atoms with Crippen LogP contribution in [0.5, 0.6) is 34.5 Å². The van der Waals surface area contributed by atoms with E-state index in [9.17, 15) is 10.2 Å². The maximum absolute atomic E-state index is 10.1. The van der Waals surface area contributed by atoms with Crippen LogP contribution in [0.1, 0.15) is 0 Å². The maximum atomic E-state index is 10.1. The summed E-state index contributed by atoms with van der Waals surface area (Å²) in [5.41, 5.74) is 1.51. The number of fused-ring (bicyclic) bond motifs is 1. The number of aromatic nitrogens is 2. The average molecular weight is 447 g/mol. The smallest absolute Gasteiger partial charge is 0.200 e. The van der Waals surface area contributed by atoms with Gasteiger partial charge in [-0.2, -0.15) is 0 Å². The molecule has 8 nitrogen and oxygen atoms in total. The van der Waals surface area contributed by atoms with Gasteiger partial charge in [0.15, 0.2) is 32.7 Å². The second-order valence-corrected chi connectivity index (χ2v) is 8.06. The molecule has 0 aliphatic heterocycles. The lowest BCUT2D eigenvalue weighted by atomic mass is 10.2. The van der Waals surface area contributed by atoms with E-state index in [2.05, 4.69) is 9.97 Å². The zero-order valence-corrected chi connectivity index (χ0v) is 18.2. The van der Waals surface area contributed by atoms with Crippen molar-refractivity contribution in [3.8, 4) is 55.6 Å². The summed E-state index contributed by atoms with van der Waals surface area (Å²) in [5, 5.41) is 21.7. The van der Waals surface area contributed by atoms with Crippen LogP contribution in [0.4, 0.5) is 0 Å². The lowest BCUT2D eigenvalue weighted by molar-refractivity contribution is 0.340. The Balaban J connectivity index is 1.76. The Bertz CT molecular complexity index is 1060. The molecule has 0 fully saturated rings. The van der Waals surface area contributed by atoms with Gasteiger partial charge in [-0.15, -0.1) is 0 Å². The summed E-state index contributed by atoms with van der Waals surface area (Å²) >= 11 is 2.83. The molecule has 0 saturated heterocycles. The van der Waals surface area contributed by atoms with E-state index in [0.29, 0.717) is 23.0 Å². The minimum Gasteiger partial charge on any atom is -0.502 e. The predicted octanol–water partition coefficient (Wildman–Crippen LogP) is 4.53. The van der Waals surface area contributed by atoms with Crippen molar-refractivity contribution in [1.29, 1.82) is 0 Å². The maximum Gasteiger partial charge on any atom is 0.200 e. The Morgan fingerprint density at radius 2 is 0.900 bits per heavy atom. The van der Waals surface area contributed by atoms with Crippen molar-refractivity contribution in [1.82, 2.24) is 9.97 Å². The molecule has 0 unspecified atom stereocenters. The minimum atomic E-state index is -0.0576. The molecular weight excluding hydrogens is 428 g/mol. The van der Waals surface area contributed by atoms with E-state index in [1.807, 2.05) is 0 Å². The van der Waals surface area contributed by atoms with E-state index in [4.69, 9.17) is 18.9 Å². The molecule has 0 radical (unpaired) electrons. The van der Waals surface area contributed by atoms with E-state index in [1.165, 1.54) is 51.1 Å². The van der Waals surface area contributed by atoms with Gasteiger partial charge in [0.1, 0.15) is 10.0 Å². The summed E-state index contributed by atoms with van der Waals surface area (Å²) in [6, 6.07) is 6.82. The van der Waals surface area contributed by atoms with E-state index < -0.39 is 0 Å². The molecule has 0 saturated carbocycles. The van der Waals surface area contributed by atoms with Gasteiger partial charge in [0.2, 0.25) is 11.5 Å². The first-order valence-corrected chi connectivity index (χ1v) is 10.3. The van der Waals surface area contributed by atoms with Gasteiger partial charge in [-0.05, 0) is 24.3 Å². The summed E-state index contributed by atoms with van der Waals surface area (Å²) < 4.78 is 20.9. The molecule has 0 atom stereocenters. The lowest BCUT2D eigenvalue weighted by Gasteiger charge is -2.10. The topological polar surface area (TPSA) is 103 Å². The van der Waals surface area contributed by atoms with Crippen LogP contribution in [0.25, 0.3) is 30.8 Å². The molecule has 2 aromatic carbocycles. The van der Waals surface area contributed by atoms with Crippen LogP contribution in [0, 0.1) is 0 Å². The first-order valence-electron chi connectivity index (χ1n) is 8.67. The molecule has 2 aromatic heterocycles. The van der Waals surface area contributed by atoms with Crippen LogP contribution in [0.15, 0.2) is 24.3 Å². The first kappa shape index (κ1) is 20.0. The number of nitrogens with zero attached hydrogens (tertiary/aromatic N) is 2. The third-order valence-electron chi connectivity index (χ3n) is 4.43. The lowest BCUT2D eigenvalue weighted by Crippen LogP contribution is -1.90. The van der Waals surface area contributed by atoms with Crippen LogP contribution in [-0.4, -0.2) is 48.6 Å². The highest BCUT2D eigenvalue weighted by Gasteiger charge is 2.19. The Morgan fingerprint density at radius 3 is 1.17 bits per heavy atom. The van der Waals surface area contributed by atoms with Crippen LogP contribution in [0.3, 0.4) is 0 Å². The van der Waals surface area contributed by atoms with Gasteiger partial charge in [-0.25, -0.2) is 9.97 Å². The number of hydrogen-bond donors (Lipinski definition) is 2. The highest BCUT2D eigenvalue weighted by atomic mass is 32.1. The zero-order chi connectivity index (χ0) is 21.4. The quantitative estimate of drug-likeness (QED) is 0.445.